The lowest BCUT2D eigenvalue weighted by Gasteiger charge is -2.23. The van der Waals surface area contributed by atoms with Crippen molar-refractivity contribution in [3.05, 3.63) is 35.6 Å². The molecule has 0 radical (unpaired) electrons. The van der Waals surface area contributed by atoms with E-state index in [0.717, 1.165) is 0 Å². The molecular weight excluding hydrogens is 345 g/mol. The van der Waals surface area contributed by atoms with Crippen molar-refractivity contribution in [1.82, 2.24) is 15.5 Å². The van der Waals surface area contributed by atoms with Gasteiger partial charge in [-0.05, 0) is 31.7 Å². The van der Waals surface area contributed by atoms with Crippen LogP contribution in [-0.4, -0.2) is 59.8 Å². The Morgan fingerprint density at radius 3 is 2.68 bits per heavy atom. The van der Waals surface area contributed by atoms with Gasteiger partial charge in [-0.1, -0.05) is 12.1 Å². The van der Waals surface area contributed by atoms with E-state index < -0.39 is 23.8 Å². The molecule has 25 heavy (non-hydrogen) atoms. The molecule has 0 bridgehead atoms. The fraction of sp³-hybridized carbons (Fsp3) is 0.471. The van der Waals surface area contributed by atoms with E-state index in [-0.39, 0.29) is 29.7 Å². The minimum absolute atomic E-state index is 0.0500. The average molecular weight is 367 g/mol. The van der Waals surface area contributed by atoms with Crippen LogP contribution in [0.25, 0.3) is 0 Å². The summed E-state index contributed by atoms with van der Waals surface area (Å²) in [6.07, 6.45) is 2.12. The van der Waals surface area contributed by atoms with E-state index in [1.165, 1.54) is 34.9 Å². The van der Waals surface area contributed by atoms with Crippen LogP contribution in [0.1, 0.15) is 23.7 Å². The molecule has 0 aromatic heterocycles. The van der Waals surface area contributed by atoms with E-state index in [4.69, 9.17) is 0 Å². The van der Waals surface area contributed by atoms with E-state index in [1.807, 2.05) is 6.26 Å². The summed E-state index contributed by atoms with van der Waals surface area (Å²) in [6.45, 7) is 2.51. The fourth-order valence-electron chi connectivity index (χ4n) is 2.87. The van der Waals surface area contributed by atoms with Crippen molar-refractivity contribution in [3.63, 3.8) is 0 Å². The second-order valence-corrected chi connectivity index (χ2v) is 6.64. The smallest absolute Gasteiger partial charge is 0.254 e. The number of rotatable bonds is 6. The van der Waals surface area contributed by atoms with E-state index in [0.29, 0.717) is 13.0 Å². The quantitative estimate of drug-likeness (QED) is 0.787. The zero-order valence-electron chi connectivity index (χ0n) is 14.3. The number of likely N-dealkylation sites (N-methyl/N-ethyl adjacent to an activating group) is 1. The number of nitrogens with one attached hydrogen (secondary N) is 2. The minimum Gasteiger partial charge on any atom is -0.355 e. The zero-order chi connectivity index (χ0) is 18.4. The van der Waals surface area contributed by atoms with Crippen LogP contribution < -0.4 is 10.6 Å². The molecule has 8 heteroatoms. The molecule has 1 saturated heterocycles. The molecule has 1 aromatic carbocycles. The number of hydrogen-bond donors (Lipinski definition) is 2. The Balaban J connectivity index is 2.09. The molecule has 1 aliphatic heterocycles. The molecule has 0 aliphatic carbocycles. The number of hydrogen-bond acceptors (Lipinski definition) is 4. The molecule has 6 nitrogen and oxygen atoms in total. The third kappa shape index (κ3) is 4.72. The summed E-state index contributed by atoms with van der Waals surface area (Å²) in [4.78, 5) is 38.3. The summed E-state index contributed by atoms with van der Waals surface area (Å²) >= 11 is 1.38. The third-order valence-corrected chi connectivity index (χ3v) is 4.53. The first kappa shape index (κ1) is 19.2. The van der Waals surface area contributed by atoms with Gasteiger partial charge in [-0.15, -0.1) is 0 Å². The Morgan fingerprint density at radius 1 is 1.32 bits per heavy atom. The molecule has 2 atom stereocenters. The van der Waals surface area contributed by atoms with Gasteiger partial charge in [-0.3, -0.25) is 14.4 Å². The average Bonchev–Trinajstić information content (AvgIpc) is 2.99. The monoisotopic (exact) mass is 367 g/mol. The molecule has 1 fully saturated rings. The topological polar surface area (TPSA) is 78.5 Å². The Hall–Kier alpha value is -2.09. The first-order valence-corrected chi connectivity index (χ1v) is 9.48. The van der Waals surface area contributed by atoms with E-state index in [9.17, 15) is 18.8 Å². The summed E-state index contributed by atoms with van der Waals surface area (Å²) < 4.78 is 13.7. The highest BCUT2D eigenvalue weighted by atomic mass is 32.2. The van der Waals surface area contributed by atoms with E-state index >= 15 is 0 Å². The number of amides is 3. The van der Waals surface area contributed by atoms with Crippen molar-refractivity contribution in [3.8, 4) is 0 Å². The largest absolute Gasteiger partial charge is 0.355 e. The maximum atomic E-state index is 13.7. The number of nitrogens with zero attached hydrogens (tertiary/aromatic N) is 1. The molecule has 2 rings (SSSR count). The van der Waals surface area contributed by atoms with Gasteiger partial charge in [0.2, 0.25) is 11.8 Å². The van der Waals surface area contributed by atoms with Crippen molar-refractivity contribution in [2.45, 2.75) is 25.4 Å². The molecule has 1 aromatic rings. The van der Waals surface area contributed by atoms with Crippen LogP contribution in [0.15, 0.2) is 24.3 Å². The number of halogens is 1. The third-order valence-electron chi connectivity index (χ3n) is 4.00. The number of carbonyl (C=O) groups excluding carboxylic acids is 3. The van der Waals surface area contributed by atoms with Gasteiger partial charge in [0.05, 0.1) is 11.3 Å². The lowest BCUT2D eigenvalue weighted by Crippen LogP contribution is -2.46. The molecule has 3 amide bonds. The highest BCUT2D eigenvalue weighted by molar-refractivity contribution is 7.99. The first-order chi connectivity index (χ1) is 12.0. The predicted octanol–water partition coefficient (Wildman–Crippen LogP) is 1.02. The van der Waals surface area contributed by atoms with Crippen molar-refractivity contribution >= 4 is 29.5 Å². The number of carbonyl (C=O) groups is 3. The van der Waals surface area contributed by atoms with Crippen molar-refractivity contribution < 1.29 is 18.8 Å². The maximum absolute atomic E-state index is 13.7. The first-order valence-electron chi connectivity index (χ1n) is 8.09. The molecule has 2 N–H and O–H groups in total. The summed E-state index contributed by atoms with van der Waals surface area (Å²) in [5.41, 5.74) is -0.0500. The van der Waals surface area contributed by atoms with Crippen LogP contribution >= 0.6 is 11.8 Å². The van der Waals surface area contributed by atoms with Gasteiger partial charge in [0, 0.05) is 19.1 Å². The second kappa shape index (κ2) is 8.84. The normalized spacial score (nSPS) is 19.6. The Labute approximate surface area is 150 Å². The summed E-state index contributed by atoms with van der Waals surface area (Å²) in [5.74, 6) is -1.26. The molecule has 1 aliphatic rings. The Bertz CT molecular complexity index is 630. The molecule has 0 saturated carbocycles. The van der Waals surface area contributed by atoms with Crippen molar-refractivity contribution in [2.24, 2.45) is 0 Å². The van der Waals surface area contributed by atoms with Gasteiger partial charge in [-0.2, -0.15) is 11.8 Å². The van der Waals surface area contributed by atoms with Gasteiger partial charge in [-0.25, -0.2) is 4.39 Å². The fourth-order valence-corrected chi connectivity index (χ4v) is 3.28. The number of thioether (sulfide) groups is 1. The lowest BCUT2D eigenvalue weighted by molar-refractivity contribution is -0.136. The standard InChI is InChI=1S/C17H22FN3O3S/c1-3-19-17(24)14-8-11(9-21(14)15(22)10-25-2)20-16(23)12-6-4-5-7-13(12)18/h4-7,11,14H,3,8-10H2,1-2H3,(H,19,24)(H,20,23)/t11-,14+/m1/s1. The summed E-state index contributed by atoms with van der Waals surface area (Å²) in [7, 11) is 0. The van der Waals surface area contributed by atoms with E-state index in [2.05, 4.69) is 10.6 Å². The lowest BCUT2D eigenvalue weighted by atomic mass is 10.1. The zero-order valence-corrected chi connectivity index (χ0v) is 15.1. The molecular formula is C17H22FN3O3S. The van der Waals surface area contributed by atoms with Gasteiger partial charge in [0.1, 0.15) is 11.9 Å². The van der Waals surface area contributed by atoms with Crippen LogP contribution in [0, 0.1) is 5.82 Å². The Kier molecular flexibility index (Phi) is 6.81. The number of benzene rings is 1. The van der Waals surface area contributed by atoms with Crippen molar-refractivity contribution in [2.75, 3.05) is 25.1 Å². The summed E-state index contributed by atoms with van der Waals surface area (Å²) in [5, 5.41) is 5.45. The van der Waals surface area contributed by atoms with Crippen molar-refractivity contribution in [1.29, 1.82) is 0 Å². The Morgan fingerprint density at radius 2 is 2.04 bits per heavy atom. The van der Waals surface area contributed by atoms with Crippen LogP contribution in [0.2, 0.25) is 0 Å². The summed E-state index contributed by atoms with van der Waals surface area (Å²) in [6, 6.07) is 4.69. The molecule has 1 heterocycles. The van der Waals surface area contributed by atoms with Crippen LogP contribution in [0.4, 0.5) is 4.39 Å². The highest BCUT2D eigenvalue weighted by Gasteiger charge is 2.39. The van der Waals surface area contributed by atoms with Gasteiger partial charge in [0.25, 0.3) is 5.91 Å². The predicted molar refractivity (Wildman–Crippen MR) is 94.8 cm³/mol. The van der Waals surface area contributed by atoms with Crippen LogP contribution in [-0.2, 0) is 9.59 Å². The highest BCUT2D eigenvalue weighted by Crippen LogP contribution is 2.20. The molecule has 0 spiro atoms. The second-order valence-electron chi connectivity index (χ2n) is 5.78. The van der Waals surface area contributed by atoms with Gasteiger partial charge >= 0.3 is 0 Å². The number of likely N-dealkylation sites (tertiary alicyclic amines) is 1. The minimum atomic E-state index is -0.620. The molecule has 136 valence electrons. The maximum Gasteiger partial charge on any atom is 0.254 e. The molecule has 0 unspecified atom stereocenters. The van der Waals surface area contributed by atoms with Gasteiger partial charge in [0.15, 0.2) is 0 Å². The van der Waals surface area contributed by atoms with Gasteiger partial charge < -0.3 is 15.5 Å². The van der Waals surface area contributed by atoms with E-state index in [1.54, 1.807) is 13.0 Å². The van der Waals surface area contributed by atoms with Crippen LogP contribution in [0.3, 0.4) is 0 Å². The van der Waals surface area contributed by atoms with Crippen LogP contribution in [0.5, 0.6) is 0 Å². The SMILES string of the molecule is CCNC(=O)[C@@H]1C[C@@H](NC(=O)c2ccccc2F)CN1C(=O)CSC.